The average Bonchev–Trinajstić information content (AvgIpc) is 3.12. The van der Waals surface area contributed by atoms with Crippen molar-refractivity contribution >= 4 is 22.9 Å². The Balaban J connectivity index is 1.73. The zero-order chi connectivity index (χ0) is 13.8. The third-order valence-corrected chi connectivity index (χ3v) is 3.61. The van der Waals surface area contributed by atoms with E-state index >= 15 is 0 Å². The number of nitrogens with zero attached hydrogens (tertiary/aromatic N) is 3. The molecule has 0 fully saturated rings. The molecule has 0 saturated heterocycles. The molecule has 3 aromatic rings. The number of nitrogens with one attached hydrogen (secondary N) is 1. The molecule has 2 aromatic heterocycles. The fourth-order valence-electron chi connectivity index (χ4n) is 1.85. The van der Waals surface area contributed by atoms with Crippen molar-refractivity contribution in [3.05, 3.63) is 64.9 Å². The van der Waals surface area contributed by atoms with Gasteiger partial charge in [-0.15, -0.1) is 11.3 Å². The maximum atomic E-state index is 12.0. The minimum absolute atomic E-state index is 0.0853. The van der Waals surface area contributed by atoms with Crippen LogP contribution < -0.4 is 5.32 Å². The SMILES string of the molecule is O=C(Nc1cccc(Cn2cncn2)c1)c1cccs1. The second-order valence-corrected chi connectivity index (χ2v) is 5.17. The minimum Gasteiger partial charge on any atom is -0.321 e. The Labute approximate surface area is 119 Å². The fraction of sp³-hybridized carbons (Fsp3) is 0.0714. The molecule has 0 radical (unpaired) electrons. The lowest BCUT2D eigenvalue weighted by Gasteiger charge is -2.06. The van der Waals surface area contributed by atoms with Crippen LogP contribution in [-0.4, -0.2) is 20.7 Å². The number of anilines is 1. The van der Waals surface area contributed by atoms with Crippen molar-refractivity contribution in [2.45, 2.75) is 6.54 Å². The first kappa shape index (κ1) is 12.6. The molecule has 0 atom stereocenters. The molecule has 0 aliphatic carbocycles. The number of carbonyl (C=O) groups excluding carboxylic acids is 1. The largest absolute Gasteiger partial charge is 0.321 e. The van der Waals surface area contributed by atoms with Gasteiger partial charge in [-0.2, -0.15) is 5.10 Å². The van der Waals surface area contributed by atoms with Gasteiger partial charge in [0.15, 0.2) is 0 Å². The highest BCUT2D eigenvalue weighted by molar-refractivity contribution is 7.12. The van der Waals surface area contributed by atoms with Crippen LogP contribution in [0.4, 0.5) is 5.69 Å². The van der Waals surface area contributed by atoms with Crippen molar-refractivity contribution in [1.29, 1.82) is 0 Å². The third kappa shape index (κ3) is 2.92. The summed E-state index contributed by atoms with van der Waals surface area (Å²) in [6.07, 6.45) is 3.17. The average molecular weight is 284 g/mol. The molecular formula is C14H12N4OS. The van der Waals surface area contributed by atoms with E-state index in [9.17, 15) is 4.79 Å². The highest BCUT2D eigenvalue weighted by atomic mass is 32.1. The lowest BCUT2D eigenvalue weighted by Crippen LogP contribution is -2.10. The van der Waals surface area contributed by atoms with Gasteiger partial charge in [0.2, 0.25) is 0 Å². The van der Waals surface area contributed by atoms with Crippen molar-refractivity contribution < 1.29 is 4.79 Å². The minimum atomic E-state index is -0.0853. The monoisotopic (exact) mass is 284 g/mol. The van der Waals surface area contributed by atoms with Gasteiger partial charge >= 0.3 is 0 Å². The Kier molecular flexibility index (Phi) is 3.56. The Morgan fingerprint density at radius 1 is 1.30 bits per heavy atom. The van der Waals surface area contributed by atoms with E-state index in [4.69, 9.17) is 0 Å². The molecule has 0 bridgehead atoms. The Hall–Kier alpha value is -2.47. The van der Waals surface area contributed by atoms with Crippen LogP contribution in [0.2, 0.25) is 0 Å². The Bertz CT molecular complexity index is 692. The van der Waals surface area contributed by atoms with Gasteiger partial charge in [-0.3, -0.25) is 4.79 Å². The lowest BCUT2D eigenvalue weighted by atomic mass is 10.2. The van der Waals surface area contributed by atoms with Gasteiger partial charge < -0.3 is 5.32 Å². The van der Waals surface area contributed by atoms with Crippen LogP contribution >= 0.6 is 11.3 Å². The maximum absolute atomic E-state index is 12.0. The van der Waals surface area contributed by atoms with Crippen molar-refractivity contribution in [1.82, 2.24) is 14.8 Å². The van der Waals surface area contributed by atoms with Crippen molar-refractivity contribution in [3.8, 4) is 0 Å². The lowest BCUT2D eigenvalue weighted by molar-refractivity contribution is 0.103. The zero-order valence-corrected chi connectivity index (χ0v) is 11.4. The van der Waals surface area contributed by atoms with Crippen molar-refractivity contribution in [2.24, 2.45) is 0 Å². The smallest absolute Gasteiger partial charge is 0.265 e. The van der Waals surface area contributed by atoms with E-state index in [1.54, 1.807) is 17.1 Å². The number of rotatable bonds is 4. The Morgan fingerprint density at radius 3 is 3.00 bits per heavy atom. The number of amides is 1. The molecule has 0 unspecified atom stereocenters. The van der Waals surface area contributed by atoms with Gasteiger partial charge in [0, 0.05) is 5.69 Å². The quantitative estimate of drug-likeness (QED) is 0.801. The molecule has 3 rings (SSSR count). The first-order valence-corrected chi connectivity index (χ1v) is 6.95. The summed E-state index contributed by atoms with van der Waals surface area (Å²) in [6, 6.07) is 11.4. The van der Waals surface area contributed by atoms with Gasteiger partial charge in [-0.1, -0.05) is 18.2 Å². The van der Waals surface area contributed by atoms with E-state index in [1.165, 1.54) is 17.7 Å². The van der Waals surface area contributed by atoms with Crippen molar-refractivity contribution in [2.75, 3.05) is 5.32 Å². The third-order valence-electron chi connectivity index (χ3n) is 2.74. The summed E-state index contributed by atoms with van der Waals surface area (Å²) in [5.41, 5.74) is 1.83. The normalized spacial score (nSPS) is 10.4. The summed E-state index contributed by atoms with van der Waals surface area (Å²) in [4.78, 5) is 16.6. The second-order valence-electron chi connectivity index (χ2n) is 4.22. The van der Waals surface area contributed by atoms with Crippen LogP contribution in [0.5, 0.6) is 0 Å². The molecule has 0 spiro atoms. The van der Waals surface area contributed by atoms with Crippen LogP contribution in [0.3, 0.4) is 0 Å². The summed E-state index contributed by atoms with van der Waals surface area (Å²) >= 11 is 1.42. The summed E-state index contributed by atoms with van der Waals surface area (Å²) in [7, 11) is 0. The fourth-order valence-corrected chi connectivity index (χ4v) is 2.47. The van der Waals surface area contributed by atoms with Crippen molar-refractivity contribution in [3.63, 3.8) is 0 Å². The van der Waals surface area contributed by atoms with Gasteiger partial charge in [-0.05, 0) is 29.1 Å². The number of thiophene rings is 1. The van der Waals surface area contributed by atoms with E-state index in [2.05, 4.69) is 15.4 Å². The van der Waals surface area contributed by atoms with E-state index in [0.29, 0.717) is 11.4 Å². The van der Waals surface area contributed by atoms with Gasteiger partial charge in [-0.25, -0.2) is 9.67 Å². The van der Waals surface area contributed by atoms with Crippen LogP contribution in [0.1, 0.15) is 15.2 Å². The first-order valence-electron chi connectivity index (χ1n) is 6.07. The molecule has 0 saturated carbocycles. The van der Waals surface area contributed by atoms with E-state index < -0.39 is 0 Å². The molecule has 5 nitrogen and oxygen atoms in total. The highest BCUT2D eigenvalue weighted by Crippen LogP contribution is 2.15. The molecule has 20 heavy (non-hydrogen) atoms. The summed E-state index contributed by atoms with van der Waals surface area (Å²) in [5.74, 6) is -0.0853. The van der Waals surface area contributed by atoms with Crippen LogP contribution in [0.25, 0.3) is 0 Å². The molecule has 6 heteroatoms. The number of benzene rings is 1. The molecule has 0 aliphatic heterocycles. The summed E-state index contributed by atoms with van der Waals surface area (Å²) < 4.78 is 1.74. The molecule has 2 heterocycles. The maximum Gasteiger partial charge on any atom is 0.265 e. The molecule has 1 aromatic carbocycles. The number of hydrogen-bond acceptors (Lipinski definition) is 4. The van der Waals surface area contributed by atoms with Crippen LogP contribution in [-0.2, 0) is 6.54 Å². The predicted molar refractivity (Wildman–Crippen MR) is 77.8 cm³/mol. The number of hydrogen-bond donors (Lipinski definition) is 1. The molecule has 100 valence electrons. The van der Waals surface area contributed by atoms with Crippen LogP contribution in [0, 0.1) is 0 Å². The van der Waals surface area contributed by atoms with Gasteiger partial charge in [0.25, 0.3) is 5.91 Å². The summed E-state index contributed by atoms with van der Waals surface area (Å²) in [5, 5.41) is 8.84. The molecule has 1 N–H and O–H groups in total. The molecule has 0 aliphatic rings. The summed E-state index contributed by atoms with van der Waals surface area (Å²) in [6.45, 7) is 0.628. The number of carbonyl (C=O) groups is 1. The number of aromatic nitrogens is 3. The molecular weight excluding hydrogens is 272 g/mol. The van der Waals surface area contributed by atoms with Gasteiger partial charge in [0.05, 0.1) is 11.4 Å². The second kappa shape index (κ2) is 5.66. The first-order chi connectivity index (χ1) is 9.81. The topological polar surface area (TPSA) is 59.8 Å². The molecule has 1 amide bonds. The van der Waals surface area contributed by atoms with Gasteiger partial charge in [0.1, 0.15) is 12.7 Å². The van der Waals surface area contributed by atoms with E-state index in [1.807, 2.05) is 35.7 Å². The standard InChI is InChI=1S/C14H12N4OS/c19-14(13-5-2-6-20-13)17-12-4-1-3-11(7-12)8-18-10-15-9-16-18/h1-7,9-10H,8H2,(H,17,19). The van der Waals surface area contributed by atoms with E-state index in [0.717, 1.165) is 11.3 Å². The highest BCUT2D eigenvalue weighted by Gasteiger charge is 2.07. The van der Waals surface area contributed by atoms with E-state index in [-0.39, 0.29) is 5.91 Å². The zero-order valence-electron chi connectivity index (χ0n) is 10.6. The Morgan fingerprint density at radius 2 is 2.25 bits per heavy atom. The predicted octanol–water partition coefficient (Wildman–Crippen LogP) is 2.64. The van der Waals surface area contributed by atoms with Crippen LogP contribution in [0.15, 0.2) is 54.4 Å².